The van der Waals surface area contributed by atoms with Crippen LogP contribution < -0.4 is 9.47 Å². The lowest BCUT2D eigenvalue weighted by molar-refractivity contribution is 0.184. The van der Waals surface area contributed by atoms with Crippen molar-refractivity contribution in [2.45, 2.75) is 32.7 Å². The van der Waals surface area contributed by atoms with Gasteiger partial charge in [-0.05, 0) is 34.4 Å². The summed E-state index contributed by atoms with van der Waals surface area (Å²) in [5, 5.41) is 0. The highest BCUT2D eigenvalue weighted by Crippen LogP contribution is 2.34. The second-order valence-electron chi connectivity index (χ2n) is 8.22. The van der Waals surface area contributed by atoms with Gasteiger partial charge >= 0.3 is 0 Å². The van der Waals surface area contributed by atoms with Crippen LogP contribution >= 0.6 is 0 Å². The van der Waals surface area contributed by atoms with Gasteiger partial charge in [-0.15, -0.1) is 0 Å². The fourth-order valence-electron chi connectivity index (χ4n) is 3.56. The van der Waals surface area contributed by atoms with Crippen molar-refractivity contribution in [1.29, 1.82) is 0 Å². The number of benzene rings is 4. The van der Waals surface area contributed by atoms with E-state index in [0.717, 1.165) is 28.0 Å². The summed E-state index contributed by atoms with van der Waals surface area (Å²) in [5.41, 5.74) is 4.39. The molecular formula is C31H30O3. The number of rotatable bonds is 11. The van der Waals surface area contributed by atoms with Gasteiger partial charge in [0, 0.05) is 5.92 Å². The topological polar surface area (TPSA) is 27.7 Å². The normalized spacial score (nSPS) is 11.4. The molecule has 4 aromatic carbocycles. The minimum absolute atomic E-state index is 0.00552. The number of ether oxygens (including phenoxy) is 3. The van der Waals surface area contributed by atoms with Crippen LogP contribution in [-0.2, 0) is 24.6 Å². The molecule has 3 nitrogen and oxygen atoms in total. The maximum atomic E-state index is 6.22. The highest BCUT2D eigenvalue weighted by Gasteiger charge is 2.15. The van der Waals surface area contributed by atoms with Crippen molar-refractivity contribution in [2.24, 2.45) is 0 Å². The van der Waals surface area contributed by atoms with Crippen LogP contribution in [0.5, 0.6) is 11.5 Å². The van der Waals surface area contributed by atoms with Gasteiger partial charge in [-0.1, -0.05) is 111 Å². The first kappa shape index (κ1) is 23.2. The Balaban J connectivity index is 1.48. The molecule has 0 bridgehead atoms. The molecule has 172 valence electrons. The van der Waals surface area contributed by atoms with Gasteiger partial charge < -0.3 is 14.2 Å². The molecule has 0 aliphatic rings. The third-order valence-corrected chi connectivity index (χ3v) is 5.69. The van der Waals surface area contributed by atoms with E-state index in [9.17, 15) is 0 Å². The van der Waals surface area contributed by atoms with E-state index >= 15 is 0 Å². The minimum atomic E-state index is 0.00552. The zero-order chi connectivity index (χ0) is 23.6. The van der Waals surface area contributed by atoms with Gasteiger partial charge in [0.05, 0.1) is 5.76 Å². The molecule has 0 heterocycles. The lowest BCUT2D eigenvalue weighted by Crippen LogP contribution is -2.05. The first-order valence-corrected chi connectivity index (χ1v) is 11.5. The van der Waals surface area contributed by atoms with Crippen molar-refractivity contribution in [3.63, 3.8) is 0 Å². The SMILES string of the molecule is C=C(OCc1ccccc1)C(C)c1ccc(OCc2ccccc2)c(OCc2ccccc2)c1. The monoisotopic (exact) mass is 450 g/mol. The van der Waals surface area contributed by atoms with Crippen LogP contribution in [0, 0.1) is 0 Å². The smallest absolute Gasteiger partial charge is 0.161 e. The molecule has 34 heavy (non-hydrogen) atoms. The number of hydrogen-bond donors (Lipinski definition) is 0. The van der Waals surface area contributed by atoms with E-state index in [0.29, 0.717) is 31.3 Å². The maximum absolute atomic E-state index is 6.22. The molecule has 0 aliphatic heterocycles. The summed E-state index contributed by atoms with van der Waals surface area (Å²) >= 11 is 0. The summed E-state index contributed by atoms with van der Waals surface area (Å²) in [6.45, 7) is 7.71. The Bertz CT molecular complexity index is 1170. The third-order valence-electron chi connectivity index (χ3n) is 5.69. The molecule has 0 N–H and O–H groups in total. The molecule has 0 amide bonds. The summed E-state index contributed by atoms with van der Waals surface area (Å²) in [4.78, 5) is 0. The second kappa shape index (κ2) is 11.8. The molecule has 4 rings (SSSR count). The van der Waals surface area contributed by atoms with E-state index < -0.39 is 0 Å². The predicted octanol–water partition coefficient (Wildman–Crippen LogP) is 7.68. The molecule has 0 aliphatic carbocycles. The lowest BCUT2D eigenvalue weighted by Gasteiger charge is -2.19. The maximum Gasteiger partial charge on any atom is 0.161 e. The second-order valence-corrected chi connectivity index (χ2v) is 8.22. The van der Waals surface area contributed by atoms with Crippen molar-refractivity contribution >= 4 is 0 Å². The molecule has 0 spiro atoms. The Kier molecular flexibility index (Phi) is 8.02. The molecule has 0 saturated heterocycles. The molecule has 4 aromatic rings. The Morgan fingerprint density at radius 1 is 0.618 bits per heavy atom. The zero-order valence-corrected chi connectivity index (χ0v) is 19.5. The summed E-state index contributed by atoms with van der Waals surface area (Å²) in [6.07, 6.45) is 0. The fraction of sp³-hybridized carbons (Fsp3) is 0.161. The van der Waals surface area contributed by atoms with Crippen LogP contribution in [0.3, 0.4) is 0 Å². The first-order valence-electron chi connectivity index (χ1n) is 11.5. The first-order chi connectivity index (χ1) is 16.7. The molecule has 0 fully saturated rings. The Hall–Kier alpha value is -3.98. The van der Waals surface area contributed by atoms with E-state index in [-0.39, 0.29) is 5.92 Å². The Morgan fingerprint density at radius 3 is 1.62 bits per heavy atom. The molecule has 0 aromatic heterocycles. The van der Waals surface area contributed by atoms with Gasteiger partial charge in [0.25, 0.3) is 0 Å². The van der Waals surface area contributed by atoms with Crippen molar-refractivity contribution in [3.8, 4) is 11.5 Å². The summed E-state index contributed by atoms with van der Waals surface area (Å²) in [6, 6.07) is 36.4. The Morgan fingerprint density at radius 2 is 1.09 bits per heavy atom. The summed E-state index contributed by atoms with van der Waals surface area (Å²) in [7, 11) is 0. The van der Waals surface area contributed by atoms with Crippen LogP contribution in [0.15, 0.2) is 122 Å². The summed E-state index contributed by atoms with van der Waals surface area (Å²) in [5.74, 6) is 2.15. The average Bonchev–Trinajstić information content (AvgIpc) is 2.91. The zero-order valence-electron chi connectivity index (χ0n) is 19.5. The fourth-order valence-corrected chi connectivity index (χ4v) is 3.56. The third kappa shape index (κ3) is 6.52. The van der Waals surface area contributed by atoms with E-state index in [1.165, 1.54) is 0 Å². The van der Waals surface area contributed by atoms with Crippen molar-refractivity contribution < 1.29 is 14.2 Å². The van der Waals surface area contributed by atoms with Crippen molar-refractivity contribution in [3.05, 3.63) is 144 Å². The van der Waals surface area contributed by atoms with Crippen molar-refractivity contribution in [1.82, 2.24) is 0 Å². The van der Waals surface area contributed by atoms with E-state index in [1.54, 1.807) is 0 Å². The molecular weight excluding hydrogens is 420 g/mol. The van der Waals surface area contributed by atoms with Gasteiger partial charge in [-0.25, -0.2) is 0 Å². The lowest BCUT2D eigenvalue weighted by atomic mass is 9.99. The molecule has 3 heteroatoms. The van der Waals surface area contributed by atoms with Crippen molar-refractivity contribution in [2.75, 3.05) is 0 Å². The van der Waals surface area contributed by atoms with Gasteiger partial charge in [0.15, 0.2) is 11.5 Å². The van der Waals surface area contributed by atoms with Gasteiger partial charge in [-0.3, -0.25) is 0 Å². The van der Waals surface area contributed by atoms with Crippen LogP contribution in [0.1, 0.15) is 35.1 Å². The van der Waals surface area contributed by atoms with Crippen LogP contribution in [0.4, 0.5) is 0 Å². The van der Waals surface area contributed by atoms with Crippen LogP contribution in [0.25, 0.3) is 0 Å². The van der Waals surface area contributed by atoms with E-state index in [2.05, 4.69) is 43.8 Å². The molecule has 0 saturated carbocycles. The van der Waals surface area contributed by atoms with E-state index in [1.807, 2.05) is 78.9 Å². The molecule has 0 radical (unpaired) electrons. The molecule has 1 atom stereocenters. The van der Waals surface area contributed by atoms with Gasteiger partial charge in [-0.2, -0.15) is 0 Å². The predicted molar refractivity (Wildman–Crippen MR) is 137 cm³/mol. The van der Waals surface area contributed by atoms with Crippen LogP contribution in [0.2, 0.25) is 0 Å². The van der Waals surface area contributed by atoms with Gasteiger partial charge in [0.1, 0.15) is 19.8 Å². The minimum Gasteiger partial charge on any atom is -0.493 e. The largest absolute Gasteiger partial charge is 0.493 e. The summed E-state index contributed by atoms with van der Waals surface area (Å²) < 4.78 is 18.3. The standard InChI is InChI=1S/C31H30O3/c1-24(25(2)32-21-26-12-6-3-7-13-26)29-18-19-30(33-22-27-14-8-4-9-15-27)31(20-29)34-23-28-16-10-5-11-17-28/h3-20,24H,2,21-23H2,1H3. The average molecular weight is 451 g/mol. The Labute approximate surface area is 202 Å². The highest BCUT2D eigenvalue weighted by molar-refractivity contribution is 5.45. The van der Waals surface area contributed by atoms with Gasteiger partial charge in [0.2, 0.25) is 0 Å². The quantitative estimate of drug-likeness (QED) is 0.219. The number of allylic oxidation sites excluding steroid dienone is 1. The van der Waals surface area contributed by atoms with E-state index in [4.69, 9.17) is 14.2 Å². The number of hydrogen-bond acceptors (Lipinski definition) is 3. The molecule has 1 unspecified atom stereocenters. The van der Waals surface area contributed by atoms with Crippen LogP contribution in [-0.4, -0.2) is 0 Å². The highest BCUT2D eigenvalue weighted by atomic mass is 16.5.